The first kappa shape index (κ1) is 16.5. The Kier molecular flexibility index (Phi) is 4.38. The zero-order chi connectivity index (χ0) is 18.0. The molecule has 0 radical (unpaired) electrons. The Hall–Kier alpha value is -3.35. The molecule has 1 aromatic heterocycles. The van der Waals surface area contributed by atoms with Gasteiger partial charge in [-0.3, -0.25) is 10.1 Å². The predicted molar refractivity (Wildman–Crippen MR) is 92.0 cm³/mol. The quantitative estimate of drug-likeness (QED) is 0.397. The van der Waals surface area contributed by atoms with Crippen molar-refractivity contribution in [1.82, 2.24) is 4.57 Å². The van der Waals surface area contributed by atoms with Crippen molar-refractivity contribution in [2.45, 2.75) is 6.92 Å². The number of ether oxygens (including phenoxy) is 2. The highest BCUT2D eigenvalue weighted by molar-refractivity contribution is 5.97. The van der Waals surface area contributed by atoms with E-state index < -0.39 is 10.9 Å². The molecule has 0 N–H and O–H groups in total. The number of aromatic nitrogens is 1. The van der Waals surface area contributed by atoms with E-state index >= 15 is 0 Å². The average molecular weight is 340 g/mol. The summed E-state index contributed by atoms with van der Waals surface area (Å²) in [5.41, 5.74) is 1.16. The highest BCUT2D eigenvalue weighted by Crippen LogP contribution is 2.32. The number of esters is 1. The number of non-ortho nitro benzene ring substituents is 1. The van der Waals surface area contributed by atoms with Crippen LogP contribution in [0.5, 0.6) is 11.5 Å². The molecule has 2 aromatic carbocycles. The van der Waals surface area contributed by atoms with Crippen LogP contribution in [0.3, 0.4) is 0 Å². The Balaban J connectivity index is 1.99. The number of benzene rings is 2. The summed E-state index contributed by atoms with van der Waals surface area (Å²) in [7, 11) is 1.76. The van der Waals surface area contributed by atoms with Gasteiger partial charge in [-0.25, -0.2) is 4.79 Å². The minimum absolute atomic E-state index is 0.00553. The summed E-state index contributed by atoms with van der Waals surface area (Å²) in [6, 6.07) is 13.0. The number of aryl methyl sites for hydroxylation is 1. The third kappa shape index (κ3) is 3.16. The molecule has 0 fully saturated rings. The molecule has 1 heterocycles. The molecule has 3 aromatic rings. The van der Waals surface area contributed by atoms with Crippen molar-refractivity contribution in [2.75, 3.05) is 6.61 Å². The lowest BCUT2D eigenvalue weighted by Gasteiger charge is -2.09. The number of rotatable bonds is 5. The Labute approximate surface area is 143 Å². The fraction of sp³-hybridized carbons (Fsp3) is 0.167. The molecule has 0 aliphatic carbocycles. The van der Waals surface area contributed by atoms with Crippen molar-refractivity contribution in [3.63, 3.8) is 0 Å². The van der Waals surface area contributed by atoms with Gasteiger partial charge in [0.15, 0.2) is 5.75 Å². The van der Waals surface area contributed by atoms with Crippen LogP contribution < -0.4 is 4.74 Å². The first-order chi connectivity index (χ1) is 12.0. The third-order valence-corrected chi connectivity index (χ3v) is 3.78. The maximum atomic E-state index is 12.1. The minimum atomic E-state index is -0.465. The summed E-state index contributed by atoms with van der Waals surface area (Å²) in [6.07, 6.45) is 0. The molecule has 0 saturated carbocycles. The maximum Gasteiger partial charge on any atom is 0.354 e. The molecule has 25 heavy (non-hydrogen) atoms. The molecule has 0 atom stereocenters. The van der Waals surface area contributed by atoms with Crippen LogP contribution in [0.4, 0.5) is 5.69 Å². The molecular weight excluding hydrogens is 324 g/mol. The van der Waals surface area contributed by atoms with Gasteiger partial charge in [0, 0.05) is 24.6 Å². The molecular formula is C18H16N2O5. The fourth-order valence-electron chi connectivity index (χ4n) is 2.63. The van der Waals surface area contributed by atoms with Gasteiger partial charge in [-0.2, -0.15) is 0 Å². The third-order valence-electron chi connectivity index (χ3n) is 3.78. The molecule has 7 nitrogen and oxygen atoms in total. The van der Waals surface area contributed by atoms with Crippen LogP contribution in [0.15, 0.2) is 48.5 Å². The van der Waals surface area contributed by atoms with E-state index in [9.17, 15) is 14.9 Å². The highest BCUT2D eigenvalue weighted by atomic mass is 16.6. The number of carbonyl (C=O) groups excluding carboxylic acids is 1. The van der Waals surface area contributed by atoms with Crippen LogP contribution in [0, 0.1) is 10.1 Å². The van der Waals surface area contributed by atoms with Crippen molar-refractivity contribution in [1.29, 1.82) is 0 Å². The van der Waals surface area contributed by atoms with E-state index in [-0.39, 0.29) is 5.69 Å². The molecule has 0 bridgehead atoms. The van der Waals surface area contributed by atoms with E-state index in [0.29, 0.717) is 23.8 Å². The minimum Gasteiger partial charge on any atom is -0.461 e. The van der Waals surface area contributed by atoms with Gasteiger partial charge in [0.25, 0.3) is 5.69 Å². The normalized spacial score (nSPS) is 10.6. The number of para-hydroxylation sites is 1. The summed E-state index contributed by atoms with van der Waals surface area (Å²) >= 11 is 0. The molecule has 7 heteroatoms. The monoisotopic (exact) mass is 340 g/mol. The van der Waals surface area contributed by atoms with Crippen LogP contribution in [0.1, 0.15) is 17.4 Å². The van der Waals surface area contributed by atoms with Crippen molar-refractivity contribution in [3.05, 3.63) is 64.3 Å². The number of nitrogens with zero attached hydrogens (tertiary/aromatic N) is 2. The Bertz CT molecular complexity index is 944. The average Bonchev–Trinajstić information content (AvgIpc) is 2.94. The summed E-state index contributed by atoms with van der Waals surface area (Å²) < 4.78 is 12.6. The molecule has 128 valence electrons. The van der Waals surface area contributed by atoms with Crippen molar-refractivity contribution in [3.8, 4) is 11.5 Å². The molecule has 0 spiro atoms. The van der Waals surface area contributed by atoms with Crippen LogP contribution in [0.2, 0.25) is 0 Å². The van der Waals surface area contributed by atoms with Gasteiger partial charge >= 0.3 is 5.97 Å². The van der Waals surface area contributed by atoms with E-state index in [1.807, 2.05) is 12.1 Å². The molecule has 3 rings (SSSR count). The van der Waals surface area contributed by atoms with E-state index in [2.05, 4.69) is 0 Å². The van der Waals surface area contributed by atoms with E-state index in [4.69, 9.17) is 9.47 Å². The van der Waals surface area contributed by atoms with Gasteiger partial charge in [0.2, 0.25) is 0 Å². The topological polar surface area (TPSA) is 83.6 Å². The van der Waals surface area contributed by atoms with E-state index in [1.54, 1.807) is 30.7 Å². The van der Waals surface area contributed by atoms with E-state index in [1.165, 1.54) is 24.3 Å². The maximum absolute atomic E-state index is 12.1. The van der Waals surface area contributed by atoms with Crippen LogP contribution in [0.25, 0.3) is 10.9 Å². The van der Waals surface area contributed by atoms with Gasteiger partial charge in [-0.15, -0.1) is 0 Å². The molecule has 0 saturated heterocycles. The number of carbonyl (C=O) groups is 1. The Morgan fingerprint density at radius 2 is 1.92 bits per heavy atom. The molecule has 0 aliphatic rings. The zero-order valence-corrected chi connectivity index (χ0v) is 13.8. The first-order valence-electron chi connectivity index (χ1n) is 7.69. The van der Waals surface area contributed by atoms with Crippen LogP contribution in [-0.4, -0.2) is 22.1 Å². The van der Waals surface area contributed by atoms with E-state index in [0.717, 1.165) is 10.9 Å². The molecule has 0 amide bonds. The lowest BCUT2D eigenvalue weighted by atomic mass is 10.2. The Morgan fingerprint density at radius 3 is 2.56 bits per heavy atom. The van der Waals surface area contributed by atoms with Gasteiger partial charge < -0.3 is 14.0 Å². The highest BCUT2D eigenvalue weighted by Gasteiger charge is 2.17. The number of hydrogen-bond donors (Lipinski definition) is 0. The zero-order valence-electron chi connectivity index (χ0n) is 13.8. The van der Waals surface area contributed by atoms with Gasteiger partial charge in [-0.1, -0.05) is 12.1 Å². The largest absolute Gasteiger partial charge is 0.461 e. The number of nitro groups is 1. The smallest absolute Gasteiger partial charge is 0.354 e. The van der Waals surface area contributed by atoms with Gasteiger partial charge in [0.1, 0.15) is 11.4 Å². The molecule has 0 aliphatic heterocycles. The van der Waals surface area contributed by atoms with Crippen LogP contribution in [-0.2, 0) is 11.8 Å². The Morgan fingerprint density at radius 1 is 1.20 bits per heavy atom. The van der Waals surface area contributed by atoms with Gasteiger partial charge in [0.05, 0.1) is 17.0 Å². The SMILES string of the molecule is CCOC(=O)c1cc2cccc(Oc3ccc([N+](=O)[O-])cc3)c2n1C. The van der Waals surface area contributed by atoms with Gasteiger partial charge in [-0.05, 0) is 31.2 Å². The number of fused-ring (bicyclic) bond motifs is 1. The second-order valence-electron chi connectivity index (χ2n) is 5.36. The molecule has 0 unspecified atom stereocenters. The summed E-state index contributed by atoms with van der Waals surface area (Å²) in [4.78, 5) is 22.3. The second kappa shape index (κ2) is 6.64. The summed E-state index contributed by atoms with van der Waals surface area (Å²) in [5, 5.41) is 11.6. The lowest BCUT2D eigenvalue weighted by molar-refractivity contribution is -0.384. The number of hydrogen-bond acceptors (Lipinski definition) is 5. The van der Waals surface area contributed by atoms with Crippen molar-refractivity contribution >= 4 is 22.6 Å². The first-order valence-corrected chi connectivity index (χ1v) is 7.69. The van der Waals surface area contributed by atoms with Crippen molar-refractivity contribution < 1.29 is 19.2 Å². The van der Waals surface area contributed by atoms with Crippen molar-refractivity contribution in [2.24, 2.45) is 7.05 Å². The number of nitro benzene ring substituents is 1. The summed E-state index contributed by atoms with van der Waals surface area (Å²) in [5.74, 6) is 0.615. The van der Waals surface area contributed by atoms with Crippen LogP contribution >= 0.6 is 0 Å². The second-order valence-corrected chi connectivity index (χ2v) is 5.36. The predicted octanol–water partition coefficient (Wildman–Crippen LogP) is 4.06. The fourth-order valence-corrected chi connectivity index (χ4v) is 2.63. The lowest BCUT2D eigenvalue weighted by Crippen LogP contribution is -2.09. The summed E-state index contributed by atoms with van der Waals surface area (Å²) in [6.45, 7) is 2.05. The standard InChI is InChI=1S/C18H16N2O5/c1-3-24-18(21)15-11-12-5-4-6-16(17(12)19(15)2)25-14-9-7-13(8-10-14)20(22)23/h4-11H,3H2,1-2H3.